The van der Waals surface area contributed by atoms with Crippen LogP contribution in [0.2, 0.25) is 0 Å². The average Bonchev–Trinajstić information content (AvgIpc) is 2.57. The Morgan fingerprint density at radius 3 is 2.53 bits per heavy atom. The molecule has 2 aliphatic rings. The molecule has 3 nitrogen and oxygen atoms in total. The van der Waals surface area contributed by atoms with Gasteiger partial charge in [0.2, 0.25) is 0 Å². The predicted molar refractivity (Wildman–Crippen MR) is 61.8 cm³/mol. The van der Waals surface area contributed by atoms with Crippen molar-refractivity contribution in [2.24, 2.45) is 0 Å². The molecule has 1 amide bonds. The van der Waals surface area contributed by atoms with Crippen LogP contribution in [-0.4, -0.2) is 34.8 Å². The molecule has 0 spiro atoms. The number of aliphatic hydroxyl groups is 1. The Kier molecular flexibility index (Phi) is 3.24. The van der Waals surface area contributed by atoms with E-state index in [2.05, 4.69) is 0 Å². The molecule has 4 heteroatoms. The van der Waals surface area contributed by atoms with E-state index < -0.39 is 0 Å². The van der Waals surface area contributed by atoms with E-state index in [0.717, 1.165) is 17.7 Å². The summed E-state index contributed by atoms with van der Waals surface area (Å²) in [5, 5.41) is 9.63. The van der Waals surface area contributed by atoms with Crippen molar-refractivity contribution in [2.75, 3.05) is 12.8 Å². The van der Waals surface area contributed by atoms with Crippen LogP contribution >= 0.6 is 11.8 Å². The minimum absolute atomic E-state index is 0.0203. The van der Waals surface area contributed by atoms with Gasteiger partial charge in [0.15, 0.2) is 5.76 Å². The van der Waals surface area contributed by atoms with Crippen LogP contribution in [0.1, 0.15) is 32.1 Å². The van der Waals surface area contributed by atoms with Gasteiger partial charge < -0.3 is 10.0 Å². The Morgan fingerprint density at radius 2 is 2.00 bits per heavy atom. The predicted octanol–water partition coefficient (Wildman–Crippen LogP) is 2.29. The van der Waals surface area contributed by atoms with E-state index in [9.17, 15) is 9.90 Å². The van der Waals surface area contributed by atoms with Crippen molar-refractivity contribution in [3.8, 4) is 0 Å². The molecule has 84 valence electrons. The number of hydrogen-bond donors (Lipinski definition) is 1. The van der Waals surface area contributed by atoms with Gasteiger partial charge >= 0.3 is 0 Å². The first-order chi connectivity index (χ1) is 7.24. The molecule has 1 aliphatic heterocycles. The van der Waals surface area contributed by atoms with Gasteiger partial charge in [0.1, 0.15) is 0 Å². The third kappa shape index (κ3) is 2.00. The number of carbonyl (C=O) groups is 1. The second kappa shape index (κ2) is 4.47. The molecule has 0 aromatic rings. The molecule has 15 heavy (non-hydrogen) atoms. The summed E-state index contributed by atoms with van der Waals surface area (Å²) in [6, 6.07) is 0.359. The fraction of sp³-hybridized carbons (Fsp3) is 0.727. The number of amides is 1. The van der Waals surface area contributed by atoms with E-state index in [1.165, 1.54) is 31.0 Å². The molecule has 0 radical (unpaired) electrons. The molecule has 1 N–H and O–H groups in total. The number of thioether (sulfide) groups is 1. The zero-order chi connectivity index (χ0) is 10.8. The molecule has 0 atom stereocenters. The highest BCUT2D eigenvalue weighted by Gasteiger charge is 2.34. The van der Waals surface area contributed by atoms with Gasteiger partial charge in [-0.05, 0) is 19.1 Å². The molecular formula is C11H17NO2S. The lowest BCUT2D eigenvalue weighted by Crippen LogP contribution is -2.39. The highest BCUT2D eigenvalue weighted by atomic mass is 32.2. The van der Waals surface area contributed by atoms with E-state index in [1.54, 1.807) is 0 Å². The largest absolute Gasteiger partial charge is 0.502 e. The third-order valence-corrected chi connectivity index (χ3v) is 4.12. The van der Waals surface area contributed by atoms with Crippen molar-refractivity contribution in [3.63, 3.8) is 0 Å². The van der Waals surface area contributed by atoms with Gasteiger partial charge in [0.05, 0.1) is 11.4 Å². The quantitative estimate of drug-likeness (QED) is 0.787. The lowest BCUT2D eigenvalue weighted by Gasteiger charge is -2.30. The van der Waals surface area contributed by atoms with Crippen molar-refractivity contribution < 1.29 is 9.90 Å². The van der Waals surface area contributed by atoms with Gasteiger partial charge in [-0.3, -0.25) is 4.79 Å². The van der Waals surface area contributed by atoms with Gasteiger partial charge in [-0.1, -0.05) is 19.3 Å². The van der Waals surface area contributed by atoms with E-state index in [1.807, 2.05) is 11.2 Å². The van der Waals surface area contributed by atoms with Crippen molar-refractivity contribution in [1.29, 1.82) is 0 Å². The van der Waals surface area contributed by atoms with E-state index >= 15 is 0 Å². The molecule has 0 aromatic carbocycles. The van der Waals surface area contributed by atoms with Crippen molar-refractivity contribution in [1.82, 2.24) is 4.90 Å². The fourth-order valence-corrected chi connectivity index (χ4v) is 2.95. The van der Waals surface area contributed by atoms with Gasteiger partial charge in [0.25, 0.3) is 5.91 Å². The molecule has 1 fully saturated rings. The van der Waals surface area contributed by atoms with Crippen molar-refractivity contribution >= 4 is 17.7 Å². The highest BCUT2D eigenvalue weighted by molar-refractivity contribution is 8.02. The number of nitrogens with zero attached hydrogens (tertiary/aromatic N) is 1. The van der Waals surface area contributed by atoms with Gasteiger partial charge in [-0.2, -0.15) is 0 Å². The molecule has 1 heterocycles. The van der Waals surface area contributed by atoms with Crippen LogP contribution in [0.25, 0.3) is 0 Å². The maximum Gasteiger partial charge on any atom is 0.290 e. The second-order valence-corrected chi connectivity index (χ2v) is 5.10. The van der Waals surface area contributed by atoms with Crippen LogP contribution < -0.4 is 0 Å². The van der Waals surface area contributed by atoms with Crippen LogP contribution in [0.5, 0.6) is 0 Å². The van der Waals surface area contributed by atoms with Crippen LogP contribution in [0.3, 0.4) is 0 Å². The fourth-order valence-electron chi connectivity index (χ4n) is 2.41. The zero-order valence-electron chi connectivity index (χ0n) is 9.03. The SMILES string of the molecule is CSC1=C(O)C(=O)N(C2CCCCC2)C1. The maximum atomic E-state index is 11.8. The number of rotatable bonds is 2. The van der Waals surface area contributed by atoms with Crippen LogP contribution in [-0.2, 0) is 4.79 Å². The number of carbonyl (C=O) groups excluding carboxylic acids is 1. The molecule has 2 rings (SSSR count). The van der Waals surface area contributed by atoms with E-state index in [-0.39, 0.29) is 11.7 Å². The summed E-state index contributed by atoms with van der Waals surface area (Å²) in [6.07, 6.45) is 7.81. The van der Waals surface area contributed by atoms with Crippen LogP contribution in [0, 0.1) is 0 Å². The molecular weight excluding hydrogens is 210 g/mol. The van der Waals surface area contributed by atoms with Gasteiger partial charge in [-0.25, -0.2) is 0 Å². The first-order valence-corrected chi connectivity index (χ1v) is 6.73. The van der Waals surface area contributed by atoms with Gasteiger partial charge in [0, 0.05) is 6.04 Å². The van der Waals surface area contributed by atoms with Crippen LogP contribution in [0.15, 0.2) is 10.7 Å². The molecule has 0 saturated heterocycles. The zero-order valence-corrected chi connectivity index (χ0v) is 9.85. The summed E-state index contributed by atoms with van der Waals surface area (Å²) in [6.45, 7) is 0.622. The summed E-state index contributed by atoms with van der Waals surface area (Å²) in [5.74, 6) is -0.181. The normalized spacial score (nSPS) is 24.1. The summed E-state index contributed by atoms with van der Waals surface area (Å²) in [7, 11) is 0. The summed E-state index contributed by atoms with van der Waals surface area (Å²) >= 11 is 1.48. The molecule has 1 saturated carbocycles. The smallest absolute Gasteiger partial charge is 0.290 e. The third-order valence-electron chi connectivity index (χ3n) is 3.30. The second-order valence-electron chi connectivity index (χ2n) is 4.20. The average molecular weight is 227 g/mol. The minimum Gasteiger partial charge on any atom is -0.502 e. The number of aliphatic hydroxyl groups excluding tert-OH is 1. The van der Waals surface area contributed by atoms with Crippen molar-refractivity contribution in [3.05, 3.63) is 10.7 Å². The topological polar surface area (TPSA) is 40.5 Å². The minimum atomic E-state index is -0.161. The molecule has 0 unspecified atom stereocenters. The van der Waals surface area contributed by atoms with Gasteiger partial charge in [-0.15, -0.1) is 11.8 Å². The van der Waals surface area contributed by atoms with Crippen molar-refractivity contribution in [2.45, 2.75) is 38.1 Å². The lowest BCUT2D eigenvalue weighted by atomic mass is 9.94. The Balaban J connectivity index is 2.05. The standard InChI is InChI=1S/C11H17NO2S/c1-15-9-7-12(11(14)10(9)13)8-5-3-2-4-6-8/h8,13H,2-7H2,1H3. The Labute approximate surface area is 94.5 Å². The molecule has 0 bridgehead atoms. The van der Waals surface area contributed by atoms with E-state index in [0.29, 0.717) is 12.6 Å². The summed E-state index contributed by atoms with van der Waals surface area (Å²) < 4.78 is 0. The number of hydrogen-bond acceptors (Lipinski definition) is 3. The monoisotopic (exact) mass is 227 g/mol. The first-order valence-electron chi connectivity index (χ1n) is 5.51. The molecule has 1 aliphatic carbocycles. The van der Waals surface area contributed by atoms with Crippen LogP contribution in [0.4, 0.5) is 0 Å². The summed E-state index contributed by atoms with van der Waals surface area (Å²) in [4.78, 5) is 14.5. The maximum absolute atomic E-state index is 11.8. The van der Waals surface area contributed by atoms with E-state index in [4.69, 9.17) is 0 Å². The Morgan fingerprint density at radius 1 is 1.33 bits per heavy atom. The molecule has 0 aromatic heterocycles. The Bertz CT molecular complexity index is 295. The first kappa shape index (κ1) is 10.9. The Hall–Kier alpha value is -0.640. The lowest BCUT2D eigenvalue weighted by molar-refractivity contribution is -0.130. The summed E-state index contributed by atoms with van der Waals surface area (Å²) in [5.41, 5.74) is 0. The highest BCUT2D eigenvalue weighted by Crippen LogP contribution is 2.31.